The fourth-order valence-corrected chi connectivity index (χ4v) is 1.77. The molecule has 0 aliphatic carbocycles. The van der Waals surface area contributed by atoms with Gasteiger partial charge >= 0.3 is 0 Å². The van der Waals surface area contributed by atoms with Crippen LogP contribution in [-0.4, -0.2) is 4.57 Å². The number of benzene rings is 1. The summed E-state index contributed by atoms with van der Waals surface area (Å²) in [5, 5.41) is 1.72. The topological polar surface area (TPSA) is 22.0 Å². The second-order valence-electron chi connectivity index (χ2n) is 3.39. The Morgan fingerprint density at radius 3 is 2.71 bits per heavy atom. The van der Waals surface area contributed by atoms with E-state index >= 15 is 0 Å². The second-order valence-corrected chi connectivity index (χ2v) is 3.82. The van der Waals surface area contributed by atoms with Crippen LogP contribution in [-0.2, 0) is 7.05 Å². The Morgan fingerprint density at radius 2 is 2.00 bits per heavy atom. The molecule has 0 saturated carbocycles. The molecule has 0 saturated heterocycles. The van der Waals surface area contributed by atoms with Gasteiger partial charge in [0.25, 0.3) is 5.56 Å². The Hall–Kier alpha value is -1.28. The van der Waals surface area contributed by atoms with E-state index in [4.69, 9.17) is 11.6 Å². The number of pyridine rings is 1. The maximum Gasteiger partial charge on any atom is 0.251 e. The van der Waals surface area contributed by atoms with E-state index in [1.54, 1.807) is 23.7 Å². The van der Waals surface area contributed by atoms with Gasteiger partial charge in [-0.2, -0.15) is 0 Å². The molecule has 0 fully saturated rings. The van der Waals surface area contributed by atoms with Crippen LogP contribution in [0.25, 0.3) is 10.9 Å². The molecule has 1 aromatic heterocycles. The molecule has 72 valence electrons. The van der Waals surface area contributed by atoms with Gasteiger partial charge in [-0.15, -0.1) is 0 Å². The molecule has 14 heavy (non-hydrogen) atoms. The maximum absolute atomic E-state index is 11.5. The molecule has 0 radical (unpaired) electrons. The summed E-state index contributed by atoms with van der Waals surface area (Å²) in [6.07, 6.45) is 0. The predicted molar refractivity (Wildman–Crippen MR) is 58.9 cm³/mol. The van der Waals surface area contributed by atoms with E-state index in [2.05, 4.69) is 0 Å². The normalized spacial score (nSPS) is 10.8. The molecule has 0 aliphatic rings. The number of halogens is 1. The first kappa shape index (κ1) is 9.28. The van der Waals surface area contributed by atoms with Crippen LogP contribution in [0.4, 0.5) is 0 Å². The molecule has 3 heteroatoms. The highest BCUT2D eigenvalue weighted by atomic mass is 35.5. The smallest absolute Gasteiger partial charge is 0.251 e. The minimum atomic E-state index is 0.0114. The minimum absolute atomic E-state index is 0.0114. The van der Waals surface area contributed by atoms with Crippen molar-refractivity contribution in [3.63, 3.8) is 0 Å². The van der Waals surface area contributed by atoms with Gasteiger partial charge < -0.3 is 4.57 Å². The molecule has 2 nitrogen and oxygen atoms in total. The van der Waals surface area contributed by atoms with Crippen LogP contribution in [0.1, 0.15) is 5.56 Å². The van der Waals surface area contributed by atoms with Crippen LogP contribution in [0, 0.1) is 6.92 Å². The lowest BCUT2D eigenvalue weighted by Crippen LogP contribution is -2.16. The number of aromatic nitrogens is 1. The monoisotopic (exact) mass is 207 g/mol. The van der Waals surface area contributed by atoms with Gasteiger partial charge in [-0.1, -0.05) is 11.6 Å². The van der Waals surface area contributed by atoms with Gasteiger partial charge in [-0.05, 0) is 30.7 Å². The van der Waals surface area contributed by atoms with Gasteiger partial charge in [0.05, 0.1) is 5.52 Å². The largest absolute Gasteiger partial charge is 0.311 e. The molecule has 2 rings (SSSR count). The Morgan fingerprint density at radius 1 is 1.29 bits per heavy atom. The minimum Gasteiger partial charge on any atom is -0.311 e. The molecule has 0 aliphatic heterocycles. The summed E-state index contributed by atoms with van der Waals surface area (Å²) in [4.78, 5) is 11.5. The SMILES string of the molecule is Cc1cc(=O)n(C)c2ccc(Cl)cc12. The van der Waals surface area contributed by atoms with Crippen molar-refractivity contribution in [1.82, 2.24) is 4.57 Å². The molecule has 1 aromatic carbocycles. The molecule has 1 heterocycles. The van der Waals surface area contributed by atoms with E-state index in [1.165, 1.54) is 0 Å². The Bertz CT molecular complexity index is 557. The Balaban J connectivity index is 3.02. The lowest BCUT2D eigenvalue weighted by molar-refractivity contribution is 0.903. The average Bonchev–Trinajstić information content (AvgIpc) is 2.14. The van der Waals surface area contributed by atoms with Gasteiger partial charge in [0.2, 0.25) is 0 Å². The van der Waals surface area contributed by atoms with Gasteiger partial charge in [0.15, 0.2) is 0 Å². The molecular formula is C11H10ClNO. The van der Waals surface area contributed by atoms with Gasteiger partial charge in [-0.3, -0.25) is 4.79 Å². The van der Waals surface area contributed by atoms with Crippen molar-refractivity contribution < 1.29 is 0 Å². The second kappa shape index (κ2) is 3.14. The van der Waals surface area contributed by atoms with Gasteiger partial charge in [0, 0.05) is 23.5 Å². The zero-order chi connectivity index (χ0) is 10.3. The molecule has 2 aromatic rings. The van der Waals surface area contributed by atoms with Crippen LogP contribution in [0.2, 0.25) is 5.02 Å². The highest BCUT2D eigenvalue weighted by Crippen LogP contribution is 2.20. The number of hydrogen-bond donors (Lipinski definition) is 0. The van der Waals surface area contributed by atoms with Crippen molar-refractivity contribution in [2.75, 3.05) is 0 Å². The van der Waals surface area contributed by atoms with E-state index in [1.807, 2.05) is 19.1 Å². The third kappa shape index (κ3) is 1.32. The summed E-state index contributed by atoms with van der Waals surface area (Å²) in [6, 6.07) is 7.17. The standard InChI is InChI=1S/C11H10ClNO/c1-7-5-11(14)13(2)10-4-3-8(12)6-9(7)10/h3-6H,1-2H3. The molecule has 0 N–H and O–H groups in total. The quantitative estimate of drug-likeness (QED) is 0.651. The fourth-order valence-electron chi connectivity index (χ4n) is 1.60. The number of aryl methyl sites for hydroxylation is 2. The van der Waals surface area contributed by atoms with Crippen LogP contribution in [0.3, 0.4) is 0 Å². The first-order valence-corrected chi connectivity index (χ1v) is 4.73. The van der Waals surface area contributed by atoms with Gasteiger partial charge in [0.1, 0.15) is 0 Å². The summed E-state index contributed by atoms with van der Waals surface area (Å²) in [7, 11) is 1.76. The van der Waals surface area contributed by atoms with Crippen molar-refractivity contribution in [3.05, 3.63) is 45.2 Å². The molecule has 0 spiro atoms. The summed E-state index contributed by atoms with van der Waals surface area (Å²) in [5.41, 5.74) is 1.89. The van der Waals surface area contributed by atoms with Crippen LogP contribution < -0.4 is 5.56 Å². The van der Waals surface area contributed by atoms with Crippen molar-refractivity contribution in [2.45, 2.75) is 6.92 Å². The summed E-state index contributed by atoms with van der Waals surface area (Å²) in [5.74, 6) is 0. The molecular weight excluding hydrogens is 198 g/mol. The maximum atomic E-state index is 11.5. The predicted octanol–water partition coefficient (Wildman–Crippen LogP) is 2.50. The van der Waals surface area contributed by atoms with E-state index in [0.717, 1.165) is 16.5 Å². The highest BCUT2D eigenvalue weighted by Gasteiger charge is 2.03. The fraction of sp³-hybridized carbons (Fsp3) is 0.182. The van der Waals surface area contributed by atoms with E-state index in [-0.39, 0.29) is 5.56 Å². The van der Waals surface area contributed by atoms with Crippen molar-refractivity contribution >= 4 is 22.5 Å². The van der Waals surface area contributed by atoms with Crippen molar-refractivity contribution in [1.29, 1.82) is 0 Å². The van der Waals surface area contributed by atoms with Crippen LogP contribution >= 0.6 is 11.6 Å². The van der Waals surface area contributed by atoms with E-state index in [9.17, 15) is 4.79 Å². The molecule has 0 bridgehead atoms. The van der Waals surface area contributed by atoms with E-state index in [0.29, 0.717) is 5.02 Å². The van der Waals surface area contributed by atoms with Gasteiger partial charge in [-0.25, -0.2) is 0 Å². The number of nitrogens with zero attached hydrogens (tertiary/aromatic N) is 1. The summed E-state index contributed by atoms with van der Waals surface area (Å²) >= 11 is 5.90. The first-order chi connectivity index (χ1) is 6.59. The summed E-state index contributed by atoms with van der Waals surface area (Å²) in [6.45, 7) is 1.92. The third-order valence-electron chi connectivity index (χ3n) is 2.42. The highest BCUT2D eigenvalue weighted by molar-refractivity contribution is 6.31. The van der Waals surface area contributed by atoms with E-state index < -0.39 is 0 Å². The molecule has 0 unspecified atom stereocenters. The zero-order valence-electron chi connectivity index (χ0n) is 8.04. The molecule has 0 amide bonds. The van der Waals surface area contributed by atoms with Crippen LogP contribution in [0.5, 0.6) is 0 Å². The lowest BCUT2D eigenvalue weighted by Gasteiger charge is -2.07. The zero-order valence-corrected chi connectivity index (χ0v) is 8.80. The lowest BCUT2D eigenvalue weighted by atomic mass is 10.1. The third-order valence-corrected chi connectivity index (χ3v) is 2.65. The number of hydrogen-bond acceptors (Lipinski definition) is 1. The first-order valence-electron chi connectivity index (χ1n) is 4.35. The summed E-state index contributed by atoms with van der Waals surface area (Å²) < 4.78 is 1.62. The van der Waals surface area contributed by atoms with Crippen molar-refractivity contribution in [3.8, 4) is 0 Å². The average molecular weight is 208 g/mol. The number of fused-ring (bicyclic) bond motifs is 1. The van der Waals surface area contributed by atoms with Crippen molar-refractivity contribution in [2.24, 2.45) is 7.05 Å². The Labute approximate surface area is 86.7 Å². The van der Waals surface area contributed by atoms with Crippen LogP contribution in [0.15, 0.2) is 29.1 Å². The Kier molecular flexibility index (Phi) is 2.08. The number of rotatable bonds is 0. The molecule has 0 atom stereocenters.